The van der Waals surface area contributed by atoms with E-state index in [4.69, 9.17) is 5.14 Å². The molecular formula is C29H35FN2O4S2. The number of halogens is 1. The lowest BCUT2D eigenvalue weighted by atomic mass is 9.84. The van der Waals surface area contributed by atoms with E-state index in [1.165, 1.54) is 40.8 Å². The van der Waals surface area contributed by atoms with Crippen LogP contribution in [-0.4, -0.2) is 28.8 Å². The van der Waals surface area contributed by atoms with Crippen molar-refractivity contribution >= 4 is 27.6 Å². The Labute approximate surface area is 228 Å². The van der Waals surface area contributed by atoms with E-state index in [2.05, 4.69) is 0 Å². The van der Waals surface area contributed by atoms with E-state index >= 15 is 0 Å². The van der Waals surface area contributed by atoms with Crippen molar-refractivity contribution in [3.05, 3.63) is 93.2 Å². The Morgan fingerprint density at radius 1 is 1.05 bits per heavy atom. The van der Waals surface area contributed by atoms with E-state index < -0.39 is 20.9 Å². The first-order chi connectivity index (χ1) is 17.6. The zero-order chi connectivity index (χ0) is 28.4. The Kier molecular flexibility index (Phi) is 9.06. The van der Waals surface area contributed by atoms with Gasteiger partial charge in [-0.25, -0.2) is 12.8 Å². The number of ketones is 1. The maximum Gasteiger partial charge on any atom is 0.250 e. The number of sulfone groups is 1. The Hall–Kier alpha value is -2.75. The van der Waals surface area contributed by atoms with Gasteiger partial charge >= 0.3 is 0 Å². The Balaban J connectivity index is 2.29. The monoisotopic (exact) mass is 558 g/mol. The molecule has 0 aliphatic rings. The number of hydrogen-bond donors (Lipinski definition) is 1. The first kappa shape index (κ1) is 29.8. The number of nitrogens with two attached hydrogens (primary N) is 1. The van der Waals surface area contributed by atoms with Crippen molar-refractivity contribution in [1.29, 1.82) is 0 Å². The number of aromatic nitrogens is 1. The topological polar surface area (TPSA) is 99.2 Å². The van der Waals surface area contributed by atoms with Gasteiger partial charge in [0, 0.05) is 40.7 Å². The van der Waals surface area contributed by atoms with Crippen molar-refractivity contribution in [1.82, 2.24) is 4.57 Å². The molecule has 0 spiro atoms. The maximum absolute atomic E-state index is 13.6. The van der Waals surface area contributed by atoms with Gasteiger partial charge in [-0.05, 0) is 87.1 Å². The van der Waals surface area contributed by atoms with Gasteiger partial charge in [0.1, 0.15) is 5.82 Å². The molecule has 0 amide bonds. The summed E-state index contributed by atoms with van der Waals surface area (Å²) < 4.78 is 40.2. The summed E-state index contributed by atoms with van der Waals surface area (Å²) in [5.41, 5.74) is 2.90. The summed E-state index contributed by atoms with van der Waals surface area (Å²) in [6.45, 7) is 9.32. The number of carbonyl (C=O) groups excluding carboxylic acids is 1. The first-order valence-electron chi connectivity index (χ1n) is 12.4. The molecule has 2 N–H and O–H groups in total. The lowest BCUT2D eigenvalue weighted by Gasteiger charge is -2.27. The van der Waals surface area contributed by atoms with Crippen molar-refractivity contribution in [2.45, 2.75) is 62.7 Å². The van der Waals surface area contributed by atoms with Crippen LogP contribution >= 0.6 is 11.9 Å². The summed E-state index contributed by atoms with van der Waals surface area (Å²) >= 11 is 1.24. The molecule has 0 aliphatic carbocycles. The molecule has 0 unspecified atom stereocenters. The highest BCUT2D eigenvalue weighted by molar-refractivity contribution is 7.98. The van der Waals surface area contributed by atoms with Crippen LogP contribution in [-0.2, 0) is 22.6 Å². The highest BCUT2D eigenvalue weighted by Gasteiger charge is 2.26. The van der Waals surface area contributed by atoms with Gasteiger partial charge < -0.3 is 4.57 Å². The second kappa shape index (κ2) is 11.6. The molecule has 38 heavy (non-hydrogen) atoms. The van der Waals surface area contributed by atoms with Crippen LogP contribution in [0.3, 0.4) is 0 Å². The standard InChI is InChI=1S/C29H35FN2O4S2/c1-18(2)38(35,36)17-20-7-12-23(28(34)21-8-10-22(30)11-9-21)25(13-20)26-16-32(6)27(33)14-24(26)19(3)15-29(4,5)37-31/h7-14,16,18-19H,15,17,31H2,1-6H3/t19-/m0/s1. The predicted molar refractivity (Wildman–Crippen MR) is 154 cm³/mol. The number of pyridine rings is 1. The second-order valence-electron chi connectivity index (χ2n) is 10.6. The molecule has 0 radical (unpaired) electrons. The first-order valence-corrected chi connectivity index (χ1v) is 15.0. The molecule has 9 heteroatoms. The van der Waals surface area contributed by atoms with Gasteiger partial charge in [-0.1, -0.05) is 31.0 Å². The quantitative estimate of drug-likeness (QED) is 0.256. The van der Waals surface area contributed by atoms with Crippen LogP contribution < -0.4 is 10.7 Å². The summed E-state index contributed by atoms with van der Waals surface area (Å²) in [4.78, 5) is 26.4. The van der Waals surface area contributed by atoms with Gasteiger partial charge in [-0.3, -0.25) is 14.7 Å². The van der Waals surface area contributed by atoms with Crippen molar-refractivity contribution in [3.8, 4) is 11.1 Å². The average Bonchev–Trinajstić information content (AvgIpc) is 2.84. The fourth-order valence-electron chi connectivity index (χ4n) is 4.43. The normalized spacial score (nSPS) is 13.1. The minimum atomic E-state index is -3.41. The summed E-state index contributed by atoms with van der Waals surface area (Å²) in [6.07, 6.45) is 2.35. The summed E-state index contributed by atoms with van der Waals surface area (Å²) in [6, 6.07) is 11.8. The van der Waals surface area contributed by atoms with E-state index in [0.29, 0.717) is 34.2 Å². The molecule has 0 saturated carbocycles. The smallest absolute Gasteiger partial charge is 0.250 e. The molecule has 3 rings (SSSR count). The lowest BCUT2D eigenvalue weighted by Crippen LogP contribution is -2.23. The summed E-state index contributed by atoms with van der Waals surface area (Å²) in [5, 5.41) is 5.34. The van der Waals surface area contributed by atoms with Crippen LogP contribution in [0.5, 0.6) is 0 Å². The SMILES string of the molecule is CC(C)S(=O)(=O)Cc1ccc(C(=O)c2ccc(F)cc2)c(-c2cn(C)c(=O)cc2[C@@H](C)CC(C)(C)SN)c1. The number of rotatable bonds is 10. The third kappa shape index (κ3) is 6.81. The molecule has 1 aromatic heterocycles. The highest BCUT2D eigenvalue weighted by atomic mass is 32.2. The zero-order valence-corrected chi connectivity index (χ0v) is 24.3. The minimum absolute atomic E-state index is 0.0956. The van der Waals surface area contributed by atoms with Gasteiger partial charge in [0.25, 0.3) is 5.56 Å². The van der Waals surface area contributed by atoms with Gasteiger partial charge in [0.15, 0.2) is 15.6 Å². The van der Waals surface area contributed by atoms with Crippen molar-refractivity contribution in [2.24, 2.45) is 12.2 Å². The number of carbonyl (C=O) groups is 1. The molecule has 2 aromatic carbocycles. The maximum atomic E-state index is 13.6. The predicted octanol–water partition coefficient (Wildman–Crippen LogP) is 5.62. The third-order valence-corrected chi connectivity index (χ3v) is 9.70. The van der Waals surface area contributed by atoms with E-state index in [-0.39, 0.29) is 27.8 Å². The Morgan fingerprint density at radius 3 is 2.26 bits per heavy atom. The molecule has 6 nitrogen and oxygen atoms in total. The molecule has 0 saturated heterocycles. The van der Waals surface area contributed by atoms with Crippen LogP contribution in [0.1, 0.15) is 74.0 Å². The van der Waals surface area contributed by atoms with Gasteiger partial charge in [-0.2, -0.15) is 0 Å². The summed E-state index contributed by atoms with van der Waals surface area (Å²) in [7, 11) is -1.77. The molecule has 3 aromatic rings. The Morgan fingerprint density at radius 2 is 1.68 bits per heavy atom. The highest BCUT2D eigenvalue weighted by Crippen LogP contribution is 2.38. The number of benzene rings is 2. The van der Waals surface area contributed by atoms with E-state index in [1.807, 2.05) is 20.8 Å². The molecule has 1 heterocycles. The van der Waals surface area contributed by atoms with E-state index in [0.717, 1.165) is 5.56 Å². The minimum Gasteiger partial charge on any atom is -0.318 e. The fourth-order valence-corrected chi connectivity index (χ4v) is 5.75. The molecule has 0 aliphatic heterocycles. The molecule has 1 atom stereocenters. The van der Waals surface area contributed by atoms with Crippen molar-refractivity contribution in [2.75, 3.05) is 0 Å². The lowest BCUT2D eigenvalue weighted by molar-refractivity contribution is 0.103. The Bertz CT molecular complexity index is 1490. The summed E-state index contributed by atoms with van der Waals surface area (Å²) in [5.74, 6) is -1.06. The molecular weight excluding hydrogens is 523 g/mol. The van der Waals surface area contributed by atoms with Crippen LogP contribution in [0.15, 0.2) is 59.5 Å². The number of nitrogens with zero attached hydrogens (tertiary/aromatic N) is 1. The molecule has 0 bridgehead atoms. The van der Waals surface area contributed by atoms with Crippen molar-refractivity contribution < 1.29 is 17.6 Å². The van der Waals surface area contributed by atoms with Gasteiger partial charge in [0.2, 0.25) is 0 Å². The van der Waals surface area contributed by atoms with Crippen LogP contribution in [0.4, 0.5) is 4.39 Å². The second-order valence-corrected chi connectivity index (χ2v) is 14.5. The van der Waals surface area contributed by atoms with Crippen molar-refractivity contribution in [3.63, 3.8) is 0 Å². The van der Waals surface area contributed by atoms with Gasteiger partial charge in [0.05, 0.1) is 11.0 Å². The van der Waals surface area contributed by atoms with Crippen LogP contribution in [0.2, 0.25) is 0 Å². The fraction of sp³-hybridized carbons (Fsp3) is 0.379. The zero-order valence-electron chi connectivity index (χ0n) is 22.6. The van der Waals surface area contributed by atoms with E-state index in [9.17, 15) is 22.4 Å². The molecule has 204 valence electrons. The molecule has 0 fully saturated rings. The largest absolute Gasteiger partial charge is 0.318 e. The van der Waals surface area contributed by atoms with Gasteiger partial charge in [-0.15, -0.1) is 0 Å². The van der Waals surface area contributed by atoms with E-state index in [1.54, 1.807) is 51.4 Å². The third-order valence-electron chi connectivity index (χ3n) is 6.72. The number of aryl methyl sites for hydroxylation is 1. The average molecular weight is 559 g/mol. The number of hydrogen-bond acceptors (Lipinski definition) is 6. The van der Waals surface area contributed by atoms with Crippen LogP contribution in [0.25, 0.3) is 11.1 Å². The van der Waals surface area contributed by atoms with Crippen LogP contribution in [0, 0.1) is 5.82 Å².